The number of methoxy groups -OCH3 is 1. The van der Waals surface area contributed by atoms with Gasteiger partial charge in [0.2, 0.25) is 0 Å². The Hall–Kier alpha value is -4.52. The maximum atomic E-state index is 14.2. The number of morpholine rings is 1. The zero-order valence-corrected chi connectivity index (χ0v) is 36.6. The molecule has 2 aromatic rings. The van der Waals surface area contributed by atoms with E-state index < -0.39 is 35.5 Å². The summed E-state index contributed by atoms with van der Waals surface area (Å²) in [5, 5.41) is 2.67. The van der Waals surface area contributed by atoms with Gasteiger partial charge in [0, 0.05) is 70.5 Å². The lowest BCUT2D eigenvalue weighted by Gasteiger charge is -2.41. The van der Waals surface area contributed by atoms with E-state index in [1.54, 1.807) is 23.0 Å². The van der Waals surface area contributed by atoms with Crippen LogP contribution >= 0.6 is 11.6 Å². The van der Waals surface area contributed by atoms with Gasteiger partial charge in [-0.1, -0.05) is 11.6 Å². The number of benzene rings is 2. The van der Waals surface area contributed by atoms with Crippen molar-refractivity contribution < 1.29 is 51.3 Å². The molecule has 0 radical (unpaired) electrons. The first kappa shape index (κ1) is 46.5. The van der Waals surface area contributed by atoms with Crippen molar-refractivity contribution >= 4 is 47.0 Å². The van der Waals surface area contributed by atoms with Crippen LogP contribution in [-0.4, -0.2) is 160 Å². The minimum Gasteiger partial charge on any atom is -0.497 e. The summed E-state index contributed by atoms with van der Waals surface area (Å²) in [6.45, 7) is 7.73. The number of rotatable bonds is 12. The van der Waals surface area contributed by atoms with Gasteiger partial charge >= 0.3 is 24.3 Å². The SMILES string of the molecule is COc1ccc2c(c1)CCN(C1CCN(C(=O)O[C@H](Cc3cc(Cl)c(N)c(C(F)(F)F)c3)C(=O)N3CCC(C4CCN(CC(=O)OCCN5CCOCC5)CC4)CC3)CC1)C(=O)N2. The standard InChI is InChI=1S/C44H59ClF3N7O8/c1-60-34-2-3-37-32(27-34)8-17-55(42(58)50-37)33-9-15-54(16-10-33)43(59)63-38(26-29-24-35(44(46,47)48)40(49)36(45)25-29)41(57)53-13-6-31(7-14-53)30-4-11-52(12-5-30)28-39(56)62-23-20-51-18-21-61-22-19-51/h2-3,24-25,27,30-31,33,38H,4-23,26,28,49H2,1H3,(H,50,58)/t38-/m1/s1. The minimum atomic E-state index is -4.80. The van der Waals surface area contributed by atoms with E-state index in [1.165, 1.54) is 11.0 Å². The third-order valence-electron chi connectivity index (χ3n) is 13.3. The average Bonchev–Trinajstić information content (AvgIpc) is 3.44. The van der Waals surface area contributed by atoms with E-state index in [-0.39, 0.29) is 54.7 Å². The van der Waals surface area contributed by atoms with Gasteiger partial charge in [0.1, 0.15) is 12.4 Å². The summed E-state index contributed by atoms with van der Waals surface area (Å²) in [7, 11) is 1.59. The van der Waals surface area contributed by atoms with Crippen molar-refractivity contribution in [2.24, 2.45) is 11.8 Å². The number of nitrogens with zero attached hydrogens (tertiary/aromatic N) is 5. The van der Waals surface area contributed by atoms with E-state index in [1.807, 2.05) is 12.1 Å². The Morgan fingerprint density at radius 2 is 1.56 bits per heavy atom. The highest BCUT2D eigenvalue weighted by Crippen LogP contribution is 2.39. The van der Waals surface area contributed by atoms with Gasteiger partial charge < -0.3 is 44.7 Å². The molecule has 2 aromatic carbocycles. The zero-order chi connectivity index (χ0) is 44.7. The molecule has 19 heteroatoms. The number of esters is 1. The molecule has 0 bridgehead atoms. The van der Waals surface area contributed by atoms with Crippen molar-refractivity contribution in [2.75, 3.05) is 110 Å². The van der Waals surface area contributed by atoms with E-state index in [4.69, 9.17) is 36.3 Å². The first-order chi connectivity index (χ1) is 30.2. The van der Waals surface area contributed by atoms with Gasteiger partial charge in [-0.3, -0.25) is 19.4 Å². The number of urea groups is 1. The van der Waals surface area contributed by atoms with Crippen molar-refractivity contribution in [1.82, 2.24) is 24.5 Å². The lowest BCUT2D eigenvalue weighted by molar-refractivity contribution is -0.146. The zero-order valence-electron chi connectivity index (χ0n) is 35.8. The number of halogens is 4. The van der Waals surface area contributed by atoms with Crippen LogP contribution in [0.4, 0.5) is 34.1 Å². The molecule has 1 atom stereocenters. The minimum absolute atomic E-state index is 0.0554. The Kier molecular flexibility index (Phi) is 15.5. The van der Waals surface area contributed by atoms with Crippen LogP contribution in [0, 0.1) is 11.8 Å². The lowest BCUT2D eigenvalue weighted by Crippen LogP contribution is -2.52. The van der Waals surface area contributed by atoms with E-state index in [0.717, 1.165) is 69.2 Å². The fourth-order valence-electron chi connectivity index (χ4n) is 9.60. The molecule has 0 spiro atoms. The fourth-order valence-corrected chi connectivity index (χ4v) is 9.84. The summed E-state index contributed by atoms with van der Waals surface area (Å²) < 4.78 is 64.0. The number of carbonyl (C=O) groups is 4. The molecule has 3 N–H and O–H groups in total. The lowest BCUT2D eigenvalue weighted by atomic mass is 9.78. The van der Waals surface area contributed by atoms with Gasteiger partial charge in [-0.2, -0.15) is 13.2 Å². The normalized spacial score (nSPS) is 20.7. The molecule has 0 saturated carbocycles. The topological polar surface area (TPSA) is 159 Å². The predicted octanol–water partition coefficient (Wildman–Crippen LogP) is 5.38. The summed E-state index contributed by atoms with van der Waals surface area (Å²) in [5.74, 6) is 0.763. The number of anilines is 2. The quantitative estimate of drug-likeness (QED) is 0.208. The molecule has 346 valence electrons. The number of piperidine rings is 3. The molecule has 63 heavy (non-hydrogen) atoms. The molecule has 5 heterocycles. The molecular weight excluding hydrogens is 847 g/mol. The number of nitrogen functional groups attached to an aromatic ring is 1. The molecule has 4 saturated heterocycles. The highest BCUT2D eigenvalue weighted by Gasteiger charge is 2.39. The summed E-state index contributed by atoms with van der Waals surface area (Å²) in [5.41, 5.74) is 5.69. The summed E-state index contributed by atoms with van der Waals surface area (Å²) in [6, 6.07) is 7.26. The number of nitrogens with two attached hydrogens (primary N) is 1. The van der Waals surface area contributed by atoms with Gasteiger partial charge in [-0.15, -0.1) is 0 Å². The number of carbonyl (C=O) groups excluding carboxylic acids is 4. The van der Waals surface area contributed by atoms with Crippen LogP contribution < -0.4 is 15.8 Å². The van der Waals surface area contributed by atoms with Crippen molar-refractivity contribution in [3.8, 4) is 5.75 Å². The third kappa shape index (κ3) is 12.0. The van der Waals surface area contributed by atoms with Crippen LogP contribution in [0.1, 0.15) is 55.2 Å². The number of hydrogen-bond donors (Lipinski definition) is 2. The van der Waals surface area contributed by atoms with Crippen LogP contribution in [0.5, 0.6) is 5.75 Å². The molecule has 4 fully saturated rings. The van der Waals surface area contributed by atoms with Crippen LogP contribution in [0.25, 0.3) is 0 Å². The third-order valence-corrected chi connectivity index (χ3v) is 13.6. The number of alkyl halides is 3. The predicted molar refractivity (Wildman–Crippen MR) is 229 cm³/mol. The molecule has 0 unspecified atom stereocenters. The van der Waals surface area contributed by atoms with Crippen LogP contribution in [0.2, 0.25) is 5.02 Å². The number of hydrogen-bond acceptors (Lipinski definition) is 11. The van der Waals surface area contributed by atoms with Crippen LogP contribution in [0.15, 0.2) is 30.3 Å². The van der Waals surface area contributed by atoms with Crippen molar-refractivity contribution in [3.63, 3.8) is 0 Å². The van der Waals surface area contributed by atoms with Gasteiger partial charge in [-0.05, 0) is 111 Å². The molecule has 0 aromatic heterocycles. The number of ether oxygens (including phenoxy) is 4. The summed E-state index contributed by atoms with van der Waals surface area (Å²) in [4.78, 5) is 63.1. The maximum Gasteiger partial charge on any atom is 0.418 e. The highest BCUT2D eigenvalue weighted by molar-refractivity contribution is 6.33. The van der Waals surface area contributed by atoms with E-state index in [9.17, 15) is 32.3 Å². The number of likely N-dealkylation sites (tertiary alicyclic amines) is 3. The van der Waals surface area contributed by atoms with Crippen LogP contribution in [0.3, 0.4) is 0 Å². The van der Waals surface area contributed by atoms with Crippen molar-refractivity contribution in [2.45, 2.75) is 69.7 Å². The smallest absolute Gasteiger partial charge is 0.418 e. The van der Waals surface area contributed by atoms with Crippen LogP contribution in [-0.2, 0) is 42.8 Å². The van der Waals surface area contributed by atoms with Crippen molar-refractivity contribution in [3.05, 3.63) is 52.0 Å². The maximum absolute atomic E-state index is 14.2. The van der Waals surface area contributed by atoms with Gasteiger partial charge in [0.15, 0.2) is 6.10 Å². The molecule has 5 aliphatic rings. The Morgan fingerprint density at radius 1 is 0.889 bits per heavy atom. The van der Waals surface area contributed by atoms with E-state index in [2.05, 4.69) is 15.1 Å². The Morgan fingerprint density at radius 3 is 2.22 bits per heavy atom. The molecule has 4 amide bonds. The number of nitrogens with one attached hydrogen (secondary N) is 1. The second-order valence-electron chi connectivity index (χ2n) is 17.2. The molecule has 0 aliphatic carbocycles. The monoisotopic (exact) mass is 905 g/mol. The molecular formula is C44H59ClF3N7O8. The fraction of sp³-hybridized carbons (Fsp3) is 0.636. The largest absolute Gasteiger partial charge is 0.497 e. The number of fused-ring (bicyclic) bond motifs is 1. The number of amides is 4. The molecule has 7 rings (SSSR count). The highest BCUT2D eigenvalue weighted by atomic mass is 35.5. The Labute approximate surface area is 371 Å². The second kappa shape index (κ2) is 21.0. The van der Waals surface area contributed by atoms with Crippen molar-refractivity contribution in [1.29, 1.82) is 0 Å². The van der Waals surface area contributed by atoms with E-state index >= 15 is 0 Å². The van der Waals surface area contributed by atoms with Gasteiger partial charge in [0.05, 0.1) is 43.1 Å². The van der Waals surface area contributed by atoms with E-state index in [0.29, 0.717) is 82.8 Å². The first-order valence-corrected chi connectivity index (χ1v) is 22.5. The van der Waals surface area contributed by atoms with Gasteiger partial charge in [0.25, 0.3) is 5.91 Å². The second-order valence-corrected chi connectivity index (χ2v) is 17.6. The first-order valence-electron chi connectivity index (χ1n) is 22.1. The van der Waals surface area contributed by atoms with Gasteiger partial charge in [-0.25, -0.2) is 9.59 Å². The summed E-state index contributed by atoms with van der Waals surface area (Å²) in [6.07, 6.45) is -2.47. The molecule has 5 aliphatic heterocycles. The average molecular weight is 906 g/mol. The Balaban J connectivity index is 0.927. The Bertz CT molecular complexity index is 1930. The summed E-state index contributed by atoms with van der Waals surface area (Å²) >= 11 is 6.17. The molecule has 15 nitrogen and oxygen atoms in total.